The summed E-state index contributed by atoms with van der Waals surface area (Å²) >= 11 is 0. The van der Waals surface area contributed by atoms with Gasteiger partial charge in [-0.15, -0.1) is 0 Å². The number of carbonyl (C=O) groups is 1. The number of benzene rings is 1. The topological polar surface area (TPSA) is 67.0 Å². The number of ether oxygens (including phenoxy) is 1. The van der Waals surface area contributed by atoms with E-state index in [0.717, 1.165) is 5.56 Å². The average Bonchev–Trinajstić information content (AvgIpc) is 2.96. The van der Waals surface area contributed by atoms with Crippen LogP contribution in [0.4, 0.5) is 4.79 Å². The molecule has 0 saturated carbocycles. The Morgan fingerprint density at radius 2 is 2.21 bits per heavy atom. The van der Waals surface area contributed by atoms with Crippen molar-refractivity contribution in [3.8, 4) is 11.8 Å². The van der Waals surface area contributed by atoms with E-state index in [1.165, 1.54) is 0 Å². The lowest BCUT2D eigenvalue weighted by Gasteiger charge is -2.04. The SMILES string of the molecule is O=C(NCC#Cc1cnc[nH]1)OCc1ccccc1. The molecule has 0 atom stereocenters. The zero-order valence-corrected chi connectivity index (χ0v) is 10.2. The zero-order valence-electron chi connectivity index (χ0n) is 10.2. The summed E-state index contributed by atoms with van der Waals surface area (Å²) in [5.74, 6) is 5.60. The number of H-pyrrole nitrogens is 1. The van der Waals surface area contributed by atoms with Crippen LogP contribution in [0.3, 0.4) is 0 Å². The first-order valence-electron chi connectivity index (χ1n) is 5.76. The number of rotatable bonds is 3. The Morgan fingerprint density at radius 3 is 2.95 bits per heavy atom. The standard InChI is InChI=1S/C14H13N3O2/c18-14(19-10-12-5-2-1-3-6-12)16-8-4-7-13-9-15-11-17-13/h1-3,5-6,9,11H,8,10H2,(H,15,17)(H,16,18). The van der Waals surface area contributed by atoms with Gasteiger partial charge in [0.15, 0.2) is 0 Å². The summed E-state index contributed by atoms with van der Waals surface area (Å²) in [5, 5.41) is 2.55. The normalized spacial score (nSPS) is 9.26. The molecule has 2 aromatic rings. The Bertz CT molecular complexity index is 568. The van der Waals surface area contributed by atoms with E-state index >= 15 is 0 Å². The molecule has 0 radical (unpaired) electrons. The average molecular weight is 255 g/mol. The molecule has 0 fully saturated rings. The summed E-state index contributed by atoms with van der Waals surface area (Å²) in [6, 6.07) is 9.49. The second-order valence-corrected chi connectivity index (χ2v) is 3.68. The minimum atomic E-state index is -0.484. The molecular weight excluding hydrogens is 242 g/mol. The lowest BCUT2D eigenvalue weighted by Crippen LogP contribution is -2.24. The molecule has 0 bridgehead atoms. The molecule has 1 aromatic carbocycles. The molecule has 1 heterocycles. The summed E-state index contributed by atoms with van der Waals surface area (Å²) in [6.45, 7) is 0.479. The van der Waals surface area contributed by atoms with Gasteiger partial charge in [0.05, 0.1) is 19.1 Å². The molecule has 96 valence electrons. The number of alkyl carbamates (subject to hydrolysis) is 1. The minimum absolute atomic E-state index is 0.229. The van der Waals surface area contributed by atoms with E-state index in [0.29, 0.717) is 5.69 Å². The summed E-state index contributed by atoms with van der Waals surface area (Å²) in [5.41, 5.74) is 1.65. The number of nitrogens with one attached hydrogen (secondary N) is 2. The smallest absolute Gasteiger partial charge is 0.408 e. The van der Waals surface area contributed by atoms with Gasteiger partial charge in [-0.05, 0) is 11.5 Å². The number of aromatic nitrogens is 2. The Morgan fingerprint density at radius 1 is 1.37 bits per heavy atom. The van der Waals surface area contributed by atoms with E-state index < -0.39 is 6.09 Å². The lowest BCUT2D eigenvalue weighted by molar-refractivity contribution is 0.141. The van der Waals surface area contributed by atoms with Gasteiger partial charge in [-0.2, -0.15) is 0 Å². The van der Waals surface area contributed by atoms with E-state index in [2.05, 4.69) is 27.1 Å². The van der Waals surface area contributed by atoms with Crippen molar-refractivity contribution < 1.29 is 9.53 Å². The van der Waals surface area contributed by atoms with Crippen LogP contribution in [0.5, 0.6) is 0 Å². The molecule has 0 saturated heterocycles. The molecule has 0 aliphatic carbocycles. The van der Waals surface area contributed by atoms with Crippen LogP contribution in [0.15, 0.2) is 42.9 Å². The van der Waals surface area contributed by atoms with Crippen LogP contribution < -0.4 is 5.32 Å². The Kier molecular flexibility index (Phi) is 4.59. The third kappa shape index (κ3) is 4.56. The predicted molar refractivity (Wildman–Crippen MR) is 70.1 cm³/mol. The van der Waals surface area contributed by atoms with E-state index in [1.807, 2.05) is 30.3 Å². The first-order chi connectivity index (χ1) is 9.34. The molecule has 0 spiro atoms. The monoisotopic (exact) mass is 255 g/mol. The predicted octanol–water partition coefficient (Wildman–Crippen LogP) is 1.69. The second-order valence-electron chi connectivity index (χ2n) is 3.68. The third-order valence-corrected chi connectivity index (χ3v) is 2.26. The first-order valence-corrected chi connectivity index (χ1v) is 5.76. The Balaban J connectivity index is 1.68. The van der Waals surface area contributed by atoms with Gasteiger partial charge in [-0.3, -0.25) is 0 Å². The van der Waals surface area contributed by atoms with Gasteiger partial charge >= 0.3 is 6.09 Å². The van der Waals surface area contributed by atoms with Gasteiger partial charge in [0.2, 0.25) is 0 Å². The van der Waals surface area contributed by atoms with Crippen LogP contribution in [-0.2, 0) is 11.3 Å². The van der Waals surface area contributed by atoms with E-state index in [-0.39, 0.29) is 13.2 Å². The van der Waals surface area contributed by atoms with Crippen molar-refractivity contribution in [3.05, 3.63) is 54.1 Å². The molecule has 5 nitrogen and oxygen atoms in total. The van der Waals surface area contributed by atoms with Crippen molar-refractivity contribution in [3.63, 3.8) is 0 Å². The number of hydrogen-bond acceptors (Lipinski definition) is 3. The minimum Gasteiger partial charge on any atom is -0.445 e. The fourth-order valence-corrected chi connectivity index (χ4v) is 1.35. The molecule has 5 heteroatoms. The van der Waals surface area contributed by atoms with Crippen LogP contribution in [0.25, 0.3) is 0 Å². The van der Waals surface area contributed by atoms with Gasteiger partial charge in [0, 0.05) is 0 Å². The number of hydrogen-bond donors (Lipinski definition) is 2. The quantitative estimate of drug-likeness (QED) is 0.820. The first kappa shape index (κ1) is 12.7. The van der Waals surface area contributed by atoms with Gasteiger partial charge in [-0.25, -0.2) is 9.78 Å². The Labute approximate surface area is 111 Å². The summed E-state index contributed by atoms with van der Waals surface area (Å²) in [6.07, 6.45) is 2.68. The van der Waals surface area contributed by atoms with Gasteiger partial charge in [0.25, 0.3) is 0 Å². The highest BCUT2D eigenvalue weighted by Gasteiger charge is 1.99. The van der Waals surface area contributed by atoms with Crippen molar-refractivity contribution in [2.24, 2.45) is 0 Å². The molecule has 2 rings (SSSR count). The largest absolute Gasteiger partial charge is 0.445 e. The zero-order chi connectivity index (χ0) is 13.3. The number of nitrogens with zero attached hydrogens (tertiary/aromatic N) is 1. The number of amides is 1. The van der Waals surface area contributed by atoms with Crippen molar-refractivity contribution in [1.29, 1.82) is 0 Å². The van der Waals surface area contributed by atoms with Gasteiger partial charge < -0.3 is 15.0 Å². The molecule has 1 amide bonds. The van der Waals surface area contributed by atoms with Crippen LogP contribution in [0.1, 0.15) is 11.3 Å². The summed E-state index contributed by atoms with van der Waals surface area (Å²) in [7, 11) is 0. The fraction of sp³-hybridized carbons (Fsp3) is 0.143. The molecule has 0 unspecified atom stereocenters. The highest BCUT2D eigenvalue weighted by atomic mass is 16.5. The number of imidazole rings is 1. The van der Waals surface area contributed by atoms with Crippen molar-refractivity contribution in [2.75, 3.05) is 6.54 Å². The number of carbonyl (C=O) groups excluding carboxylic acids is 1. The van der Waals surface area contributed by atoms with Gasteiger partial charge in [-0.1, -0.05) is 36.3 Å². The van der Waals surface area contributed by atoms with Crippen LogP contribution in [0.2, 0.25) is 0 Å². The fourth-order valence-electron chi connectivity index (χ4n) is 1.35. The van der Waals surface area contributed by atoms with Gasteiger partial charge in [0.1, 0.15) is 12.3 Å². The molecule has 1 aromatic heterocycles. The molecule has 0 aliphatic rings. The molecule has 19 heavy (non-hydrogen) atoms. The highest BCUT2D eigenvalue weighted by molar-refractivity contribution is 5.67. The second kappa shape index (κ2) is 6.87. The molecule has 2 N–H and O–H groups in total. The van der Waals surface area contributed by atoms with E-state index in [9.17, 15) is 4.79 Å². The van der Waals surface area contributed by atoms with E-state index in [1.54, 1.807) is 12.5 Å². The maximum atomic E-state index is 11.4. The summed E-state index contributed by atoms with van der Waals surface area (Å²) < 4.78 is 5.03. The van der Waals surface area contributed by atoms with Crippen LogP contribution >= 0.6 is 0 Å². The van der Waals surface area contributed by atoms with Crippen molar-refractivity contribution in [2.45, 2.75) is 6.61 Å². The molecular formula is C14H13N3O2. The third-order valence-electron chi connectivity index (χ3n) is 2.26. The molecule has 0 aliphatic heterocycles. The Hall–Kier alpha value is -2.74. The van der Waals surface area contributed by atoms with Crippen molar-refractivity contribution in [1.82, 2.24) is 15.3 Å². The number of aromatic amines is 1. The van der Waals surface area contributed by atoms with E-state index in [4.69, 9.17) is 4.74 Å². The van der Waals surface area contributed by atoms with Crippen molar-refractivity contribution >= 4 is 6.09 Å². The highest BCUT2D eigenvalue weighted by Crippen LogP contribution is 2.00. The maximum Gasteiger partial charge on any atom is 0.408 e. The van der Waals surface area contributed by atoms with Crippen LogP contribution in [-0.4, -0.2) is 22.6 Å². The van der Waals surface area contributed by atoms with Crippen LogP contribution in [0, 0.1) is 11.8 Å². The maximum absolute atomic E-state index is 11.4. The lowest BCUT2D eigenvalue weighted by atomic mass is 10.2. The summed E-state index contributed by atoms with van der Waals surface area (Å²) in [4.78, 5) is 18.0.